The molecular weight excluding hydrogens is 1270 g/mol. The number of carbonyl (C=O) groups excluding carboxylic acids is 4. The molecule has 0 aliphatic carbocycles. The van der Waals surface area contributed by atoms with E-state index in [2.05, 4.69) is 123 Å². The lowest BCUT2D eigenvalue weighted by molar-refractivity contribution is -0.323. The molecule has 0 aromatic rings. The second-order valence-corrected chi connectivity index (χ2v) is 36.2. The Balaban J connectivity index is 0.000000278. The van der Waals surface area contributed by atoms with Crippen LogP contribution in [0.25, 0.3) is 0 Å². The van der Waals surface area contributed by atoms with E-state index in [9.17, 15) is 29.4 Å². The normalized spacial score (nSPS) is 47.6. The molecule has 0 aromatic heterocycles. The summed E-state index contributed by atoms with van der Waals surface area (Å²) in [5, 5.41) is 25.9. The maximum atomic E-state index is 14.2. The molecule has 1 amide bonds. The Morgan fingerprint density at radius 2 is 0.919 bits per heavy atom. The lowest BCUT2D eigenvalue weighted by Crippen LogP contribution is -2.58. The third-order valence-electron chi connectivity index (χ3n) is 25.7. The Labute approximate surface area is 596 Å². The molecule has 3 unspecified atom stereocenters. The van der Waals surface area contributed by atoms with Gasteiger partial charge in [-0.05, 0) is 151 Å². The molecule has 8 rings (SSSR count). The predicted molar refractivity (Wildman–Crippen MR) is 377 cm³/mol. The summed E-state index contributed by atoms with van der Waals surface area (Å²) in [6.07, 6.45) is -5.33. The molecule has 0 aromatic carbocycles. The monoisotopic (exact) mass is 1410 g/mol. The third kappa shape index (κ3) is 19.3. The predicted octanol–water partition coefficient (Wildman–Crippen LogP) is 14.2. The summed E-state index contributed by atoms with van der Waals surface area (Å²) in [7, 11) is 0. The fraction of sp³-hybridized carbons (Fsp3) is 0.949. The van der Waals surface area contributed by atoms with Gasteiger partial charge in [0.05, 0.1) is 72.9 Å². The van der Waals surface area contributed by atoms with Gasteiger partial charge in [-0.15, -0.1) is 0 Å². The van der Waals surface area contributed by atoms with Gasteiger partial charge in [0, 0.05) is 42.4 Å². The zero-order valence-corrected chi connectivity index (χ0v) is 66.5. The van der Waals surface area contributed by atoms with Gasteiger partial charge >= 0.3 is 18.0 Å². The van der Waals surface area contributed by atoms with Crippen molar-refractivity contribution in [1.82, 2.24) is 5.32 Å². The Kier molecular flexibility index (Phi) is 27.9. The lowest BCUT2D eigenvalue weighted by Gasteiger charge is -2.51. The average molecular weight is 1410 g/mol. The minimum Gasteiger partial charge on any atom is -0.460 e. The SMILES string of the molecule is CC[C@H]1OC(=O)[C@H](C)[C@@H](O[C@H]2CC(C)(C)[C@@H](C)[C@H](C)O2)[C@H](C)[C@@H](OC2O[C@H](C)C[C@H](C)[C@H]2C)C(C)(C)C[C@@H](C)[C@@H]2OC(C)(C)O[C@@H](C1=O)[C@H]2C.CC[C@H]1OC(=O)[C@H](C)[C@@H](O[C@H]2CC(C)(C)[C@@H](C)[C@H](C)O2)[C@H](C)[C@@H](OC2O[C@H](C)C[C@H](C)[C@H]2O)C(C)(C)C[C@@H](C)[C@H](O)[C@H](C)[C@H]2OC(=O)NC12. The number of esters is 2. The number of nitrogens with one attached hydrogen (secondary N) is 1. The minimum atomic E-state index is -0.981. The molecule has 2 bridgehead atoms. The molecule has 0 radical (unpaired) electrons. The zero-order chi connectivity index (χ0) is 74.4. The van der Waals surface area contributed by atoms with Crippen LogP contribution < -0.4 is 5.32 Å². The van der Waals surface area contributed by atoms with Crippen LogP contribution in [0.4, 0.5) is 4.79 Å². The summed E-state index contributed by atoms with van der Waals surface area (Å²) < 4.78 is 84.7. The van der Waals surface area contributed by atoms with Crippen LogP contribution in [-0.2, 0) is 76.0 Å². The molecule has 8 heterocycles. The van der Waals surface area contributed by atoms with Crippen LogP contribution >= 0.6 is 0 Å². The fourth-order valence-electron chi connectivity index (χ4n) is 18.6. The maximum absolute atomic E-state index is 14.2. The maximum Gasteiger partial charge on any atom is 0.407 e. The van der Waals surface area contributed by atoms with Crippen molar-refractivity contribution in [3.63, 3.8) is 0 Å². The number of aliphatic hydroxyl groups excluding tert-OH is 2. The summed E-state index contributed by atoms with van der Waals surface area (Å²) in [5.74, 6) is -3.94. The number of rotatable bonds is 10. The summed E-state index contributed by atoms with van der Waals surface area (Å²) in [5.41, 5.74) is -1.12. The van der Waals surface area contributed by atoms with Gasteiger partial charge in [-0.1, -0.05) is 145 Å². The summed E-state index contributed by atoms with van der Waals surface area (Å²) >= 11 is 0. The van der Waals surface area contributed by atoms with Crippen molar-refractivity contribution in [3.05, 3.63) is 0 Å². The highest BCUT2D eigenvalue weighted by atomic mass is 16.7. The standard InChI is InChI=1S/C41H72O9.C38H67NO10/c1-17-30-32(42)35-25(6)33(49-41(15,16)50-35)22(3)19-40(13,14)36(48-38-24(5)21(2)18-23(4)44-38)26(7)34(27(8)37(43)46-30)47-31-20-39(11,12)28(9)29(10)45-31;1-14-26-28-32(48-36(43)39-28)21(5)29(40)19(3)16-38(12,13)33(49-35-30(41)18(2)15-20(4)44-35)22(6)31(23(7)34(42)46-26)47-27-17-37(10,11)24(8)25(9)45-27/h21-31,33-36,38H,17-20H2,1-16H3;18-33,35,40-41H,14-17H2,1-13H3,(H,39,43)/t21-,22+,23+,24+,25-,26-,27+,28-,29-,30+,31-,33-,34-,35+,36+,38?;18-,19+,20+,21-,22-,23+,24-,25-,26+,27-,28?,29-,30+,31-,32+,33+,35?/m00/s1. The summed E-state index contributed by atoms with van der Waals surface area (Å²) in [6.45, 7) is 60.2. The van der Waals surface area contributed by atoms with Crippen molar-refractivity contribution in [2.75, 3.05) is 0 Å². The number of aliphatic hydroxyl groups is 2. The number of ketones is 1. The molecule has 8 aliphatic heterocycles. The Bertz CT molecular complexity index is 2650. The third-order valence-corrected chi connectivity index (χ3v) is 25.7. The Morgan fingerprint density at radius 1 is 0.455 bits per heavy atom. The minimum absolute atomic E-state index is 0.0173. The second kappa shape index (κ2) is 33.0. The van der Waals surface area contributed by atoms with Crippen molar-refractivity contribution in [2.24, 2.45) is 98.6 Å². The largest absolute Gasteiger partial charge is 0.460 e. The van der Waals surface area contributed by atoms with Gasteiger partial charge < -0.3 is 77.1 Å². The van der Waals surface area contributed by atoms with E-state index in [1.54, 1.807) is 0 Å². The molecule has 574 valence electrons. The van der Waals surface area contributed by atoms with Crippen LogP contribution in [0.5, 0.6) is 0 Å². The van der Waals surface area contributed by atoms with E-state index in [0.717, 1.165) is 12.8 Å². The Morgan fingerprint density at radius 3 is 1.40 bits per heavy atom. The second-order valence-electron chi connectivity index (χ2n) is 36.2. The van der Waals surface area contributed by atoms with Gasteiger partial charge in [-0.3, -0.25) is 14.4 Å². The van der Waals surface area contributed by atoms with Gasteiger partial charge in [0.2, 0.25) is 5.78 Å². The molecule has 20 heteroatoms. The number of fused-ring (bicyclic) bond motifs is 3. The molecule has 99 heavy (non-hydrogen) atoms. The summed E-state index contributed by atoms with van der Waals surface area (Å²) in [4.78, 5) is 55.2. The van der Waals surface area contributed by atoms with Crippen molar-refractivity contribution in [2.45, 2.75) is 381 Å². The van der Waals surface area contributed by atoms with Crippen molar-refractivity contribution in [1.29, 1.82) is 0 Å². The van der Waals surface area contributed by atoms with Gasteiger partial charge in [0.1, 0.15) is 30.5 Å². The van der Waals surface area contributed by atoms with Crippen LogP contribution in [0.2, 0.25) is 0 Å². The van der Waals surface area contributed by atoms with Crippen molar-refractivity contribution < 1.29 is 91.0 Å². The quantitative estimate of drug-likeness (QED) is 0.136. The number of amides is 1. The van der Waals surface area contributed by atoms with Crippen molar-refractivity contribution >= 4 is 23.8 Å². The number of cyclic esters (lactones) is 2. The van der Waals surface area contributed by atoms with Crippen LogP contribution in [0.15, 0.2) is 0 Å². The van der Waals surface area contributed by atoms with E-state index >= 15 is 0 Å². The molecule has 8 aliphatic rings. The first-order valence-electron chi connectivity index (χ1n) is 38.5. The number of hydrogen-bond donors (Lipinski definition) is 3. The van der Waals surface area contributed by atoms with E-state index in [0.29, 0.717) is 56.3 Å². The van der Waals surface area contributed by atoms with Crippen LogP contribution in [0.1, 0.15) is 252 Å². The lowest BCUT2D eigenvalue weighted by atomic mass is 9.69. The number of Topliss-reactive ketones (excluding diaryl/α,β-unsaturated/α-hetero) is 1. The molecule has 0 spiro atoms. The van der Waals surface area contributed by atoms with Crippen LogP contribution in [0, 0.1) is 98.6 Å². The van der Waals surface area contributed by atoms with Gasteiger partial charge in [-0.2, -0.15) is 0 Å². The zero-order valence-electron chi connectivity index (χ0n) is 66.5. The van der Waals surface area contributed by atoms with Gasteiger partial charge in [0.15, 0.2) is 37.1 Å². The van der Waals surface area contributed by atoms with E-state index in [4.69, 9.17) is 61.6 Å². The molecule has 0 saturated carbocycles. The van der Waals surface area contributed by atoms with Crippen molar-refractivity contribution in [3.8, 4) is 0 Å². The first-order chi connectivity index (χ1) is 45.7. The highest BCUT2D eigenvalue weighted by Crippen LogP contribution is 2.50. The smallest absolute Gasteiger partial charge is 0.407 e. The van der Waals surface area contributed by atoms with E-state index in [1.807, 2.05) is 83.1 Å². The first kappa shape index (κ1) is 83.7. The number of hydrogen-bond acceptors (Lipinski definition) is 19. The highest BCUT2D eigenvalue weighted by molar-refractivity contribution is 5.90. The van der Waals surface area contributed by atoms with E-state index < -0.39 is 144 Å². The molecular formula is C79H139NO19. The van der Waals surface area contributed by atoms with Crippen LogP contribution in [-0.4, -0.2) is 163 Å². The van der Waals surface area contributed by atoms with E-state index in [-0.39, 0.29) is 88.7 Å². The molecule has 3 N–H and O–H groups in total. The number of carbonyl (C=O) groups is 4. The molecule has 8 fully saturated rings. The molecule has 8 saturated heterocycles. The van der Waals surface area contributed by atoms with Gasteiger partial charge in [-0.25, -0.2) is 4.79 Å². The summed E-state index contributed by atoms with van der Waals surface area (Å²) in [6, 6.07) is -0.618. The average Bonchev–Trinajstić information content (AvgIpc) is 0.888. The first-order valence-corrected chi connectivity index (χ1v) is 38.5. The Hall–Kier alpha value is -2.60. The molecule has 33 atom stereocenters. The van der Waals surface area contributed by atoms with Crippen LogP contribution in [0.3, 0.4) is 0 Å². The topological polar surface area (TPSA) is 241 Å². The molecule has 20 nitrogen and oxygen atoms in total. The van der Waals surface area contributed by atoms with Gasteiger partial charge in [0.25, 0.3) is 0 Å². The fourth-order valence-corrected chi connectivity index (χ4v) is 18.6. The highest BCUT2D eigenvalue weighted by Gasteiger charge is 2.56. The number of ether oxygens (including phenoxy) is 13. The van der Waals surface area contributed by atoms with E-state index in [1.165, 1.54) is 0 Å². The number of alkyl carbamates (subject to hydrolysis) is 1.